The van der Waals surface area contributed by atoms with Crippen LogP contribution in [0.4, 0.5) is 0 Å². The van der Waals surface area contributed by atoms with Crippen LogP contribution in [0.15, 0.2) is 42.5 Å². The molecule has 2 aliphatic rings. The SMILES string of the molecule is NCC1(c2ccccc2)CCN(C(=O)C2CC=CCO2)CC1. The third-order valence-electron chi connectivity index (χ3n) is 5.00. The molecule has 4 heteroatoms. The molecule has 3 rings (SSSR count). The Morgan fingerprint density at radius 3 is 2.55 bits per heavy atom. The molecule has 0 aliphatic carbocycles. The summed E-state index contributed by atoms with van der Waals surface area (Å²) >= 11 is 0. The van der Waals surface area contributed by atoms with Gasteiger partial charge in [0.25, 0.3) is 5.91 Å². The Morgan fingerprint density at radius 1 is 1.23 bits per heavy atom. The summed E-state index contributed by atoms with van der Waals surface area (Å²) < 4.78 is 5.55. The summed E-state index contributed by atoms with van der Waals surface area (Å²) in [5, 5.41) is 0. The Morgan fingerprint density at radius 2 is 1.95 bits per heavy atom. The standard InChI is InChI=1S/C18H24N2O2/c19-14-18(15-6-2-1-3-7-15)9-11-20(12-10-18)17(21)16-8-4-5-13-22-16/h1-7,16H,8-14,19H2. The number of hydrogen-bond donors (Lipinski definition) is 1. The lowest BCUT2D eigenvalue weighted by molar-refractivity contribution is -0.145. The average Bonchev–Trinajstić information content (AvgIpc) is 2.63. The Bertz CT molecular complexity index is 533. The lowest BCUT2D eigenvalue weighted by atomic mass is 9.73. The molecule has 4 nitrogen and oxygen atoms in total. The average molecular weight is 300 g/mol. The molecule has 1 amide bonds. The van der Waals surface area contributed by atoms with E-state index in [1.54, 1.807) is 0 Å². The van der Waals surface area contributed by atoms with Crippen molar-refractivity contribution in [3.8, 4) is 0 Å². The van der Waals surface area contributed by atoms with Crippen molar-refractivity contribution in [2.75, 3.05) is 26.2 Å². The molecule has 1 saturated heterocycles. The predicted octanol–water partition coefficient (Wildman–Crippen LogP) is 1.85. The maximum absolute atomic E-state index is 12.5. The second-order valence-electron chi connectivity index (χ2n) is 6.20. The zero-order valence-corrected chi connectivity index (χ0v) is 12.9. The minimum absolute atomic E-state index is 0.00532. The Kier molecular flexibility index (Phi) is 4.60. The normalized spacial score (nSPS) is 24.2. The molecular weight excluding hydrogens is 276 g/mol. The molecule has 2 N–H and O–H groups in total. The lowest BCUT2D eigenvalue weighted by Crippen LogP contribution is -2.51. The molecule has 1 aromatic rings. The highest BCUT2D eigenvalue weighted by Gasteiger charge is 2.37. The topological polar surface area (TPSA) is 55.6 Å². The molecule has 2 heterocycles. The van der Waals surface area contributed by atoms with Gasteiger partial charge in [-0.1, -0.05) is 42.5 Å². The zero-order chi connectivity index (χ0) is 15.4. The van der Waals surface area contributed by atoms with Gasteiger partial charge < -0.3 is 15.4 Å². The highest BCUT2D eigenvalue weighted by Crippen LogP contribution is 2.34. The first-order chi connectivity index (χ1) is 10.7. The monoisotopic (exact) mass is 300 g/mol. The van der Waals surface area contributed by atoms with Crippen LogP contribution < -0.4 is 5.73 Å². The Labute approximate surface area is 131 Å². The minimum atomic E-state index is -0.299. The fourth-order valence-electron chi connectivity index (χ4n) is 3.46. The third-order valence-corrected chi connectivity index (χ3v) is 5.00. The van der Waals surface area contributed by atoms with Crippen molar-refractivity contribution in [2.24, 2.45) is 5.73 Å². The van der Waals surface area contributed by atoms with Crippen LogP contribution in [0.3, 0.4) is 0 Å². The number of nitrogens with zero attached hydrogens (tertiary/aromatic N) is 1. The van der Waals surface area contributed by atoms with E-state index < -0.39 is 0 Å². The van der Waals surface area contributed by atoms with Crippen LogP contribution in [0.25, 0.3) is 0 Å². The maximum Gasteiger partial charge on any atom is 0.252 e. The van der Waals surface area contributed by atoms with Crippen molar-refractivity contribution < 1.29 is 9.53 Å². The van der Waals surface area contributed by atoms with Gasteiger partial charge in [0.05, 0.1) is 6.61 Å². The number of rotatable bonds is 3. The van der Waals surface area contributed by atoms with E-state index in [0.717, 1.165) is 25.9 Å². The lowest BCUT2D eigenvalue weighted by Gasteiger charge is -2.42. The maximum atomic E-state index is 12.5. The van der Waals surface area contributed by atoms with Gasteiger partial charge in [0.1, 0.15) is 6.10 Å². The van der Waals surface area contributed by atoms with Gasteiger partial charge in [-0.2, -0.15) is 0 Å². The van der Waals surface area contributed by atoms with Crippen LogP contribution in [0.2, 0.25) is 0 Å². The van der Waals surface area contributed by atoms with Crippen molar-refractivity contribution in [3.05, 3.63) is 48.0 Å². The molecule has 1 aromatic carbocycles. The summed E-state index contributed by atoms with van der Waals surface area (Å²) in [7, 11) is 0. The first-order valence-electron chi connectivity index (χ1n) is 8.06. The number of amides is 1. The molecule has 22 heavy (non-hydrogen) atoms. The molecule has 0 bridgehead atoms. The Balaban J connectivity index is 1.66. The van der Waals surface area contributed by atoms with Crippen molar-refractivity contribution >= 4 is 5.91 Å². The quantitative estimate of drug-likeness (QED) is 0.867. The number of benzene rings is 1. The summed E-state index contributed by atoms with van der Waals surface area (Å²) in [6.07, 6.45) is 6.23. The van der Waals surface area contributed by atoms with E-state index in [9.17, 15) is 4.79 Å². The third kappa shape index (κ3) is 2.94. The number of carbonyl (C=O) groups excluding carboxylic acids is 1. The molecule has 1 fully saturated rings. The largest absolute Gasteiger partial charge is 0.364 e. The summed E-state index contributed by atoms with van der Waals surface area (Å²) in [6, 6.07) is 10.5. The van der Waals surface area contributed by atoms with E-state index in [1.165, 1.54) is 5.56 Å². The van der Waals surface area contributed by atoms with Crippen LogP contribution >= 0.6 is 0 Å². The number of hydrogen-bond acceptors (Lipinski definition) is 3. The highest BCUT2D eigenvalue weighted by atomic mass is 16.5. The number of likely N-dealkylation sites (tertiary alicyclic amines) is 1. The minimum Gasteiger partial charge on any atom is -0.364 e. The van der Waals surface area contributed by atoms with Crippen molar-refractivity contribution in [1.82, 2.24) is 4.90 Å². The molecule has 1 unspecified atom stereocenters. The molecule has 0 aromatic heterocycles. The van der Waals surface area contributed by atoms with Crippen molar-refractivity contribution in [1.29, 1.82) is 0 Å². The van der Waals surface area contributed by atoms with Gasteiger partial charge in [0.2, 0.25) is 0 Å². The smallest absolute Gasteiger partial charge is 0.252 e. The van der Waals surface area contributed by atoms with Gasteiger partial charge in [0, 0.05) is 31.5 Å². The van der Waals surface area contributed by atoms with Crippen molar-refractivity contribution in [3.63, 3.8) is 0 Å². The highest BCUT2D eigenvalue weighted by molar-refractivity contribution is 5.81. The zero-order valence-electron chi connectivity index (χ0n) is 12.9. The van der Waals surface area contributed by atoms with Crippen LogP contribution in [-0.2, 0) is 14.9 Å². The van der Waals surface area contributed by atoms with E-state index in [1.807, 2.05) is 23.1 Å². The number of nitrogens with two attached hydrogens (primary N) is 1. The Hall–Kier alpha value is -1.65. The van der Waals surface area contributed by atoms with Gasteiger partial charge in [-0.15, -0.1) is 0 Å². The van der Waals surface area contributed by atoms with Crippen LogP contribution in [0.1, 0.15) is 24.8 Å². The summed E-state index contributed by atoms with van der Waals surface area (Å²) in [5.41, 5.74) is 7.40. The molecule has 0 saturated carbocycles. The van der Waals surface area contributed by atoms with Gasteiger partial charge in [-0.3, -0.25) is 4.79 Å². The van der Waals surface area contributed by atoms with E-state index in [2.05, 4.69) is 24.3 Å². The van der Waals surface area contributed by atoms with E-state index in [-0.39, 0.29) is 17.4 Å². The second-order valence-corrected chi connectivity index (χ2v) is 6.20. The van der Waals surface area contributed by atoms with E-state index in [4.69, 9.17) is 10.5 Å². The predicted molar refractivity (Wildman–Crippen MR) is 86.5 cm³/mol. The first kappa shape index (κ1) is 15.3. The molecule has 1 atom stereocenters. The van der Waals surface area contributed by atoms with Gasteiger partial charge >= 0.3 is 0 Å². The number of carbonyl (C=O) groups is 1. The molecule has 0 radical (unpaired) electrons. The van der Waals surface area contributed by atoms with Gasteiger partial charge in [-0.05, 0) is 18.4 Å². The van der Waals surface area contributed by atoms with Crippen LogP contribution in [-0.4, -0.2) is 43.2 Å². The van der Waals surface area contributed by atoms with E-state index >= 15 is 0 Å². The van der Waals surface area contributed by atoms with E-state index in [0.29, 0.717) is 19.6 Å². The number of piperidine rings is 1. The first-order valence-corrected chi connectivity index (χ1v) is 8.06. The summed E-state index contributed by atoms with van der Waals surface area (Å²) in [4.78, 5) is 14.5. The summed E-state index contributed by atoms with van der Waals surface area (Å²) in [5.74, 6) is 0.128. The van der Waals surface area contributed by atoms with Gasteiger partial charge in [0.15, 0.2) is 0 Å². The fourth-order valence-corrected chi connectivity index (χ4v) is 3.46. The second kappa shape index (κ2) is 6.63. The molecule has 0 spiro atoms. The summed E-state index contributed by atoms with van der Waals surface area (Å²) in [6.45, 7) is 2.69. The molecular formula is C18H24N2O2. The molecule has 118 valence electrons. The van der Waals surface area contributed by atoms with Crippen LogP contribution in [0, 0.1) is 0 Å². The number of ether oxygens (including phenoxy) is 1. The van der Waals surface area contributed by atoms with Gasteiger partial charge in [-0.25, -0.2) is 0 Å². The fraction of sp³-hybridized carbons (Fsp3) is 0.500. The van der Waals surface area contributed by atoms with Crippen LogP contribution in [0.5, 0.6) is 0 Å². The van der Waals surface area contributed by atoms with Crippen molar-refractivity contribution in [2.45, 2.75) is 30.8 Å². The molecule has 2 aliphatic heterocycles.